The van der Waals surface area contributed by atoms with Gasteiger partial charge in [0.25, 0.3) is 10.1 Å². The van der Waals surface area contributed by atoms with Gasteiger partial charge in [0, 0.05) is 6.42 Å². The van der Waals surface area contributed by atoms with E-state index in [0.717, 1.165) is 5.56 Å². The maximum Gasteiger partial charge on any atom is 0.306 e. The van der Waals surface area contributed by atoms with Gasteiger partial charge in [0.05, 0.1) is 25.3 Å². The standard InChI is InChI=1S/C12H15NO3.C2H6O4S/c13-8-11(14)6-7-12(15)16-9-10-4-2-1-3-5-10;3-1-2-7(4,5)6/h1-5H,6-9,13H2;3H,1-2H2,(H,4,5,6). The highest BCUT2D eigenvalue weighted by Crippen LogP contribution is 2.02. The summed E-state index contributed by atoms with van der Waals surface area (Å²) in [5.41, 5.74) is 6.05. The lowest BCUT2D eigenvalue weighted by atomic mass is 10.2. The number of aliphatic hydroxyl groups is 1. The number of aliphatic hydroxyl groups excluding tert-OH is 1. The van der Waals surface area contributed by atoms with E-state index in [1.54, 1.807) is 0 Å². The van der Waals surface area contributed by atoms with Crippen LogP contribution in [0.4, 0.5) is 0 Å². The van der Waals surface area contributed by atoms with Crippen molar-refractivity contribution in [3.8, 4) is 0 Å². The van der Waals surface area contributed by atoms with Crippen molar-refractivity contribution in [3.63, 3.8) is 0 Å². The lowest BCUT2D eigenvalue weighted by molar-refractivity contribution is -0.146. The first-order valence-corrected chi connectivity index (χ1v) is 8.36. The van der Waals surface area contributed by atoms with E-state index in [0.29, 0.717) is 0 Å². The summed E-state index contributed by atoms with van der Waals surface area (Å²) in [6.07, 6.45) is 0.257. The third-order valence-corrected chi connectivity index (χ3v) is 3.13. The Morgan fingerprint density at radius 1 is 1.13 bits per heavy atom. The van der Waals surface area contributed by atoms with Crippen molar-refractivity contribution < 1.29 is 32.4 Å². The quantitative estimate of drug-likeness (QED) is 0.437. The van der Waals surface area contributed by atoms with Crippen LogP contribution in [0.25, 0.3) is 0 Å². The zero-order chi connectivity index (χ0) is 17.7. The number of carbonyl (C=O) groups is 2. The molecule has 0 fully saturated rings. The van der Waals surface area contributed by atoms with Crippen LogP contribution in [0.15, 0.2) is 30.3 Å². The van der Waals surface area contributed by atoms with Gasteiger partial charge in [0.2, 0.25) is 0 Å². The fraction of sp³-hybridized carbons (Fsp3) is 0.429. The van der Waals surface area contributed by atoms with Crippen molar-refractivity contribution in [2.75, 3.05) is 18.9 Å². The molecule has 0 aliphatic rings. The lowest BCUT2D eigenvalue weighted by Crippen LogP contribution is -2.15. The zero-order valence-electron chi connectivity index (χ0n) is 12.6. The van der Waals surface area contributed by atoms with Gasteiger partial charge < -0.3 is 15.6 Å². The SMILES string of the molecule is NCC(=O)CCC(=O)OCc1ccccc1.O=S(=O)(O)CCO. The Bertz CT molecular complexity index is 572. The van der Waals surface area contributed by atoms with E-state index in [1.807, 2.05) is 30.3 Å². The minimum absolute atomic E-state index is 0.0219. The van der Waals surface area contributed by atoms with Crippen molar-refractivity contribution in [1.82, 2.24) is 0 Å². The van der Waals surface area contributed by atoms with Crippen LogP contribution in [-0.4, -0.2) is 48.7 Å². The van der Waals surface area contributed by atoms with E-state index in [4.69, 9.17) is 20.1 Å². The molecule has 0 spiro atoms. The number of Topliss-reactive ketones (excluding diaryl/α,β-unsaturated/α-hetero) is 1. The second kappa shape index (κ2) is 11.7. The van der Waals surface area contributed by atoms with Crippen LogP contribution in [0.2, 0.25) is 0 Å². The molecule has 8 nitrogen and oxygen atoms in total. The Morgan fingerprint density at radius 3 is 2.17 bits per heavy atom. The monoisotopic (exact) mass is 347 g/mol. The van der Waals surface area contributed by atoms with Gasteiger partial charge in [0.1, 0.15) is 12.4 Å². The Balaban J connectivity index is 0.000000585. The van der Waals surface area contributed by atoms with E-state index < -0.39 is 22.5 Å². The first kappa shape index (κ1) is 21.2. The third-order valence-electron chi connectivity index (χ3n) is 2.43. The summed E-state index contributed by atoms with van der Waals surface area (Å²) in [7, 11) is -3.92. The number of carbonyl (C=O) groups excluding carboxylic acids is 2. The maximum absolute atomic E-state index is 11.2. The number of hydrogen-bond donors (Lipinski definition) is 3. The summed E-state index contributed by atoms with van der Waals surface area (Å²) in [6, 6.07) is 9.39. The van der Waals surface area contributed by atoms with Crippen molar-refractivity contribution in [3.05, 3.63) is 35.9 Å². The lowest BCUT2D eigenvalue weighted by Gasteiger charge is -2.04. The molecule has 0 saturated carbocycles. The number of rotatable bonds is 8. The number of hydrogen-bond acceptors (Lipinski definition) is 7. The number of benzene rings is 1. The average molecular weight is 347 g/mol. The van der Waals surface area contributed by atoms with Gasteiger partial charge in [-0.05, 0) is 5.56 Å². The second-order valence-electron chi connectivity index (χ2n) is 4.40. The molecule has 1 rings (SSSR count). The molecule has 4 N–H and O–H groups in total. The van der Waals surface area contributed by atoms with Crippen molar-refractivity contribution in [2.45, 2.75) is 19.4 Å². The predicted octanol–water partition coefficient (Wildman–Crippen LogP) is -0.0957. The van der Waals surface area contributed by atoms with Crippen LogP contribution in [0, 0.1) is 0 Å². The summed E-state index contributed by atoms with van der Waals surface area (Å²) >= 11 is 0. The largest absolute Gasteiger partial charge is 0.461 e. The molecule has 1 aromatic rings. The Hall–Kier alpha value is -1.81. The van der Waals surface area contributed by atoms with Crippen LogP contribution < -0.4 is 5.73 Å². The van der Waals surface area contributed by atoms with Crippen molar-refractivity contribution in [1.29, 1.82) is 0 Å². The minimum Gasteiger partial charge on any atom is -0.461 e. The van der Waals surface area contributed by atoms with Gasteiger partial charge in [0.15, 0.2) is 0 Å². The van der Waals surface area contributed by atoms with E-state index >= 15 is 0 Å². The zero-order valence-corrected chi connectivity index (χ0v) is 13.4. The Labute approximate surface area is 135 Å². The smallest absolute Gasteiger partial charge is 0.306 e. The summed E-state index contributed by atoms with van der Waals surface area (Å²) in [6.45, 7) is -0.304. The van der Waals surface area contributed by atoms with Crippen LogP contribution >= 0.6 is 0 Å². The molecule has 0 saturated heterocycles. The van der Waals surface area contributed by atoms with Gasteiger partial charge in [-0.1, -0.05) is 30.3 Å². The van der Waals surface area contributed by atoms with Crippen LogP contribution in [0.3, 0.4) is 0 Å². The number of ketones is 1. The van der Waals surface area contributed by atoms with Gasteiger partial charge >= 0.3 is 5.97 Å². The molecule has 0 unspecified atom stereocenters. The number of ether oxygens (including phenoxy) is 1. The van der Waals surface area contributed by atoms with E-state index in [2.05, 4.69) is 0 Å². The van der Waals surface area contributed by atoms with E-state index in [-0.39, 0.29) is 37.7 Å². The predicted molar refractivity (Wildman–Crippen MR) is 83.0 cm³/mol. The first-order chi connectivity index (χ1) is 10.8. The molecule has 0 atom stereocenters. The minimum atomic E-state index is -3.92. The molecular weight excluding hydrogens is 326 g/mol. The van der Waals surface area contributed by atoms with Gasteiger partial charge in [-0.15, -0.1) is 0 Å². The van der Waals surface area contributed by atoms with Crippen LogP contribution in [0.1, 0.15) is 18.4 Å². The highest BCUT2D eigenvalue weighted by Gasteiger charge is 2.06. The molecule has 0 aliphatic heterocycles. The second-order valence-corrected chi connectivity index (χ2v) is 5.97. The van der Waals surface area contributed by atoms with Crippen LogP contribution in [-0.2, 0) is 31.1 Å². The molecule has 23 heavy (non-hydrogen) atoms. The fourth-order valence-electron chi connectivity index (χ4n) is 1.27. The van der Waals surface area contributed by atoms with E-state index in [9.17, 15) is 18.0 Å². The molecule has 9 heteroatoms. The Kier molecular flexibility index (Phi) is 10.8. The van der Waals surface area contributed by atoms with Gasteiger partial charge in [-0.25, -0.2) is 0 Å². The summed E-state index contributed by atoms with van der Waals surface area (Å²) in [5.74, 6) is -1.07. The molecule has 1 aromatic carbocycles. The van der Waals surface area contributed by atoms with Crippen LogP contribution in [0.5, 0.6) is 0 Å². The topological polar surface area (TPSA) is 144 Å². The molecular formula is C14H21NO7S. The highest BCUT2D eigenvalue weighted by atomic mass is 32.2. The number of nitrogens with two attached hydrogens (primary N) is 1. The van der Waals surface area contributed by atoms with Gasteiger partial charge in [-0.2, -0.15) is 8.42 Å². The molecule has 0 aliphatic carbocycles. The normalized spacial score (nSPS) is 10.4. The number of esters is 1. The first-order valence-electron chi connectivity index (χ1n) is 6.76. The summed E-state index contributed by atoms with van der Waals surface area (Å²) in [5, 5.41) is 7.86. The van der Waals surface area contributed by atoms with Gasteiger partial charge in [-0.3, -0.25) is 14.1 Å². The molecule has 0 radical (unpaired) electrons. The maximum atomic E-state index is 11.2. The Morgan fingerprint density at radius 2 is 1.74 bits per heavy atom. The molecule has 130 valence electrons. The fourth-order valence-corrected chi connectivity index (χ4v) is 1.50. The van der Waals surface area contributed by atoms with Crippen molar-refractivity contribution in [2.24, 2.45) is 5.73 Å². The highest BCUT2D eigenvalue weighted by molar-refractivity contribution is 7.85. The van der Waals surface area contributed by atoms with E-state index in [1.165, 1.54) is 0 Å². The summed E-state index contributed by atoms with van der Waals surface area (Å²) in [4.78, 5) is 22.1. The molecule has 0 heterocycles. The van der Waals surface area contributed by atoms with Crippen molar-refractivity contribution >= 4 is 21.9 Å². The third kappa shape index (κ3) is 13.6. The molecule has 0 aromatic heterocycles. The molecule has 0 amide bonds. The average Bonchev–Trinajstić information content (AvgIpc) is 2.51. The molecule has 0 bridgehead atoms. The summed E-state index contributed by atoms with van der Waals surface area (Å²) < 4.78 is 32.1.